The van der Waals surface area contributed by atoms with Crippen molar-refractivity contribution < 1.29 is 0 Å². The van der Waals surface area contributed by atoms with Crippen LogP contribution in [0.4, 0.5) is 0 Å². The Bertz CT molecular complexity index is 275. The summed E-state index contributed by atoms with van der Waals surface area (Å²) in [6.45, 7) is 6.53. The quantitative estimate of drug-likeness (QED) is 0.802. The van der Waals surface area contributed by atoms with Crippen molar-refractivity contribution in [1.29, 1.82) is 0 Å². The van der Waals surface area contributed by atoms with Gasteiger partial charge < -0.3 is 10.6 Å². The van der Waals surface area contributed by atoms with Gasteiger partial charge in [0.15, 0.2) is 5.96 Å². The highest BCUT2D eigenvalue weighted by atomic mass is 15.4. The zero-order chi connectivity index (χ0) is 12.3. The lowest BCUT2D eigenvalue weighted by atomic mass is 9.83. The van der Waals surface area contributed by atoms with Gasteiger partial charge in [-0.15, -0.1) is 0 Å². The molecule has 1 aliphatic heterocycles. The van der Waals surface area contributed by atoms with E-state index in [9.17, 15) is 0 Å². The van der Waals surface area contributed by atoms with E-state index < -0.39 is 0 Å². The molecule has 1 heterocycles. The smallest absolute Gasteiger partial charge is 0.191 e. The minimum atomic E-state index is 0.273. The van der Waals surface area contributed by atoms with Crippen molar-refractivity contribution in [2.24, 2.45) is 16.6 Å². The van der Waals surface area contributed by atoms with Crippen molar-refractivity contribution in [2.45, 2.75) is 64.3 Å². The second-order valence-electron chi connectivity index (χ2n) is 6.17. The fourth-order valence-corrected chi connectivity index (χ4v) is 3.29. The molecular weight excluding hydrogens is 210 g/mol. The molecule has 0 radical (unpaired) electrons. The van der Waals surface area contributed by atoms with Crippen LogP contribution in [-0.2, 0) is 0 Å². The van der Waals surface area contributed by atoms with E-state index in [0.29, 0.717) is 5.92 Å². The van der Waals surface area contributed by atoms with Crippen molar-refractivity contribution in [3.05, 3.63) is 0 Å². The van der Waals surface area contributed by atoms with E-state index in [0.717, 1.165) is 19.0 Å². The molecule has 1 saturated carbocycles. The predicted molar refractivity (Wildman–Crippen MR) is 73.1 cm³/mol. The molecule has 1 spiro atoms. The maximum Gasteiger partial charge on any atom is 0.191 e. The number of aliphatic imine (C=N–C) groups is 1. The summed E-state index contributed by atoms with van der Waals surface area (Å²) >= 11 is 0. The van der Waals surface area contributed by atoms with Gasteiger partial charge in [-0.05, 0) is 18.8 Å². The van der Waals surface area contributed by atoms with Crippen LogP contribution in [0.1, 0.15) is 58.8 Å². The number of hydrogen-bond donors (Lipinski definition) is 1. The van der Waals surface area contributed by atoms with Gasteiger partial charge in [-0.1, -0.05) is 46.0 Å². The molecule has 3 nitrogen and oxygen atoms in total. The molecule has 98 valence electrons. The summed E-state index contributed by atoms with van der Waals surface area (Å²) in [6.07, 6.45) is 9.44. The number of nitrogens with two attached hydrogens (primary N) is 1. The van der Waals surface area contributed by atoms with E-state index in [1.165, 1.54) is 44.9 Å². The van der Waals surface area contributed by atoms with Gasteiger partial charge in [0, 0.05) is 6.54 Å². The molecule has 2 rings (SSSR count). The average molecular weight is 237 g/mol. The van der Waals surface area contributed by atoms with Crippen molar-refractivity contribution in [1.82, 2.24) is 4.90 Å². The van der Waals surface area contributed by atoms with E-state index in [1.807, 2.05) is 0 Å². The van der Waals surface area contributed by atoms with Gasteiger partial charge in [-0.3, -0.25) is 4.99 Å². The molecule has 1 fully saturated rings. The first-order chi connectivity index (χ1) is 8.14. The molecule has 0 aromatic heterocycles. The molecule has 0 aromatic rings. The minimum absolute atomic E-state index is 0.273. The van der Waals surface area contributed by atoms with Crippen molar-refractivity contribution in [2.75, 3.05) is 13.1 Å². The summed E-state index contributed by atoms with van der Waals surface area (Å²) in [5, 5.41) is 0. The number of guanidine groups is 1. The normalized spacial score (nSPS) is 24.9. The van der Waals surface area contributed by atoms with Gasteiger partial charge in [-0.25, -0.2) is 0 Å². The molecule has 0 saturated heterocycles. The Morgan fingerprint density at radius 2 is 1.76 bits per heavy atom. The molecule has 0 unspecified atom stereocenters. The second kappa shape index (κ2) is 5.28. The van der Waals surface area contributed by atoms with Crippen molar-refractivity contribution in [3.63, 3.8) is 0 Å². The van der Waals surface area contributed by atoms with E-state index in [1.54, 1.807) is 0 Å². The van der Waals surface area contributed by atoms with E-state index >= 15 is 0 Å². The second-order valence-corrected chi connectivity index (χ2v) is 6.17. The summed E-state index contributed by atoms with van der Waals surface area (Å²) in [4.78, 5) is 6.96. The Hall–Kier alpha value is -0.730. The number of rotatable bonds is 2. The lowest BCUT2D eigenvalue weighted by molar-refractivity contribution is 0.143. The first kappa shape index (κ1) is 12.7. The third-order valence-corrected chi connectivity index (χ3v) is 4.22. The fourth-order valence-electron chi connectivity index (χ4n) is 3.29. The Morgan fingerprint density at radius 1 is 1.18 bits per heavy atom. The largest absolute Gasteiger partial charge is 0.370 e. The first-order valence-corrected chi connectivity index (χ1v) is 7.22. The van der Waals surface area contributed by atoms with Crippen LogP contribution in [0.25, 0.3) is 0 Å². The zero-order valence-electron chi connectivity index (χ0n) is 11.4. The standard InChI is InChI=1S/C14H27N3/c1-12(2)10-17-13(15)16-11-14(17)8-6-4-3-5-7-9-14/h12H,3-11H2,1-2H3,(H2,15,16). The highest BCUT2D eigenvalue weighted by Gasteiger charge is 2.41. The topological polar surface area (TPSA) is 41.6 Å². The van der Waals surface area contributed by atoms with Gasteiger partial charge >= 0.3 is 0 Å². The van der Waals surface area contributed by atoms with E-state index in [-0.39, 0.29) is 5.54 Å². The summed E-state index contributed by atoms with van der Waals surface area (Å²) in [6, 6.07) is 0. The molecule has 1 aliphatic carbocycles. The van der Waals surface area contributed by atoms with Crippen LogP contribution in [0.3, 0.4) is 0 Å². The summed E-state index contributed by atoms with van der Waals surface area (Å²) in [5.41, 5.74) is 6.37. The third kappa shape index (κ3) is 2.75. The molecule has 17 heavy (non-hydrogen) atoms. The SMILES string of the molecule is CC(C)CN1C(N)=NCC12CCCCCCC2. The Morgan fingerprint density at radius 3 is 2.35 bits per heavy atom. The molecule has 0 aromatic carbocycles. The molecule has 0 atom stereocenters. The van der Waals surface area contributed by atoms with Crippen LogP contribution in [0.5, 0.6) is 0 Å². The Kier molecular flexibility index (Phi) is 3.95. The molecule has 2 N–H and O–H groups in total. The van der Waals surface area contributed by atoms with Crippen molar-refractivity contribution in [3.8, 4) is 0 Å². The summed E-state index contributed by atoms with van der Waals surface area (Å²) in [5.74, 6) is 1.45. The Balaban J connectivity index is 2.10. The summed E-state index contributed by atoms with van der Waals surface area (Å²) < 4.78 is 0. The van der Waals surface area contributed by atoms with E-state index in [2.05, 4.69) is 23.7 Å². The highest BCUT2D eigenvalue weighted by molar-refractivity contribution is 5.81. The number of hydrogen-bond acceptors (Lipinski definition) is 3. The maximum atomic E-state index is 6.10. The average Bonchev–Trinajstić information content (AvgIpc) is 2.53. The maximum absolute atomic E-state index is 6.10. The predicted octanol–water partition coefficient (Wildman–Crippen LogP) is 2.76. The lowest BCUT2D eigenvalue weighted by Gasteiger charge is -2.41. The number of nitrogens with zero attached hydrogens (tertiary/aromatic N) is 2. The van der Waals surface area contributed by atoms with Crippen LogP contribution in [-0.4, -0.2) is 29.5 Å². The third-order valence-electron chi connectivity index (χ3n) is 4.22. The van der Waals surface area contributed by atoms with Crippen LogP contribution >= 0.6 is 0 Å². The molecule has 3 heteroatoms. The van der Waals surface area contributed by atoms with Gasteiger partial charge in [0.05, 0.1) is 12.1 Å². The highest BCUT2D eigenvalue weighted by Crippen LogP contribution is 2.35. The molecular formula is C14H27N3. The van der Waals surface area contributed by atoms with E-state index in [4.69, 9.17) is 5.73 Å². The monoisotopic (exact) mass is 237 g/mol. The zero-order valence-corrected chi connectivity index (χ0v) is 11.4. The lowest BCUT2D eigenvalue weighted by Crippen LogP contribution is -2.53. The van der Waals surface area contributed by atoms with Crippen LogP contribution in [0, 0.1) is 5.92 Å². The first-order valence-electron chi connectivity index (χ1n) is 7.22. The summed E-state index contributed by atoms with van der Waals surface area (Å²) in [7, 11) is 0. The van der Waals surface area contributed by atoms with Crippen LogP contribution in [0.2, 0.25) is 0 Å². The van der Waals surface area contributed by atoms with Gasteiger partial charge in [-0.2, -0.15) is 0 Å². The van der Waals surface area contributed by atoms with Crippen LogP contribution < -0.4 is 5.73 Å². The Labute approximate surface area is 105 Å². The molecule has 2 aliphatic rings. The van der Waals surface area contributed by atoms with Gasteiger partial charge in [0.2, 0.25) is 0 Å². The molecule has 0 bridgehead atoms. The molecule has 0 amide bonds. The van der Waals surface area contributed by atoms with Crippen LogP contribution in [0.15, 0.2) is 4.99 Å². The van der Waals surface area contributed by atoms with Gasteiger partial charge in [0.1, 0.15) is 0 Å². The minimum Gasteiger partial charge on any atom is -0.370 e. The van der Waals surface area contributed by atoms with Gasteiger partial charge in [0.25, 0.3) is 0 Å². The fraction of sp³-hybridized carbons (Fsp3) is 0.929. The van der Waals surface area contributed by atoms with Crippen molar-refractivity contribution >= 4 is 5.96 Å².